The van der Waals surface area contributed by atoms with Crippen molar-refractivity contribution in [1.82, 2.24) is 9.97 Å². The molecule has 0 atom stereocenters. The molecule has 1 fully saturated rings. The van der Waals surface area contributed by atoms with E-state index >= 15 is 0 Å². The second kappa shape index (κ2) is 10.3. The molecule has 0 unspecified atom stereocenters. The Morgan fingerprint density at radius 2 is 2.00 bits per heavy atom. The fourth-order valence-electron chi connectivity index (χ4n) is 3.87. The lowest BCUT2D eigenvalue weighted by Crippen LogP contribution is -2.35. The van der Waals surface area contributed by atoms with Crippen molar-refractivity contribution in [2.45, 2.75) is 37.8 Å². The van der Waals surface area contributed by atoms with Gasteiger partial charge in [0.1, 0.15) is 12.4 Å². The van der Waals surface area contributed by atoms with Crippen molar-refractivity contribution in [1.29, 1.82) is 0 Å². The second-order valence-electron chi connectivity index (χ2n) is 7.25. The number of nitrogens with one attached hydrogen (secondary N) is 1. The number of ether oxygens (including phenoxy) is 1. The van der Waals surface area contributed by atoms with Crippen molar-refractivity contribution in [3.63, 3.8) is 0 Å². The molecule has 3 N–H and O–H groups in total. The lowest BCUT2D eigenvalue weighted by molar-refractivity contribution is 0.177. The Kier molecular flexibility index (Phi) is 8.31. The van der Waals surface area contributed by atoms with Gasteiger partial charge in [-0.2, -0.15) is 0 Å². The molecule has 2 aromatic rings. The fraction of sp³-hybridized carbons (Fsp3) is 0.500. The van der Waals surface area contributed by atoms with Crippen LogP contribution < -0.4 is 16.0 Å². The molecule has 6 nitrogen and oxygen atoms in total. The molecule has 8 heteroatoms. The summed E-state index contributed by atoms with van der Waals surface area (Å²) in [5.74, 6) is 2.07. The highest BCUT2D eigenvalue weighted by Crippen LogP contribution is 2.35. The zero-order chi connectivity index (χ0) is 17.9. The van der Waals surface area contributed by atoms with E-state index in [9.17, 15) is 0 Å². The number of aromatic nitrogens is 2. The van der Waals surface area contributed by atoms with Crippen LogP contribution in [0.1, 0.15) is 35.8 Å². The largest absolute Gasteiger partial charge is 0.377 e. The van der Waals surface area contributed by atoms with E-state index in [-0.39, 0.29) is 24.8 Å². The van der Waals surface area contributed by atoms with Gasteiger partial charge in [0, 0.05) is 56.2 Å². The quantitative estimate of drug-likeness (QED) is 0.709. The number of halogens is 2. The maximum absolute atomic E-state index is 5.94. The zero-order valence-corrected chi connectivity index (χ0v) is 17.8. The van der Waals surface area contributed by atoms with Gasteiger partial charge in [-0.15, -0.1) is 24.8 Å². The Hall–Kier alpha value is -1.60. The smallest absolute Gasteiger partial charge is 0.156 e. The number of hydrogen-bond acceptors (Lipinski definition) is 6. The maximum atomic E-state index is 5.94. The molecule has 1 saturated carbocycles. The van der Waals surface area contributed by atoms with Crippen molar-refractivity contribution in [2.24, 2.45) is 5.73 Å². The van der Waals surface area contributed by atoms with E-state index < -0.39 is 0 Å². The van der Waals surface area contributed by atoms with Gasteiger partial charge in [-0.25, -0.2) is 9.97 Å². The summed E-state index contributed by atoms with van der Waals surface area (Å²) in [6.07, 6.45) is 3.15. The molecule has 0 saturated heterocycles. The van der Waals surface area contributed by atoms with Crippen LogP contribution in [0.5, 0.6) is 0 Å². The molecule has 0 amide bonds. The number of nitrogens with two attached hydrogens (primary N) is 1. The van der Waals surface area contributed by atoms with E-state index in [0.29, 0.717) is 18.6 Å². The van der Waals surface area contributed by atoms with Crippen LogP contribution in [0.25, 0.3) is 0 Å². The number of methoxy groups -OCH3 is 1. The Labute approximate surface area is 179 Å². The van der Waals surface area contributed by atoms with Crippen LogP contribution in [0.4, 0.5) is 11.5 Å². The van der Waals surface area contributed by atoms with Crippen molar-refractivity contribution < 1.29 is 4.74 Å². The van der Waals surface area contributed by atoms with E-state index in [2.05, 4.69) is 50.5 Å². The molecule has 0 radical (unpaired) electrons. The molecule has 1 aromatic heterocycles. The minimum absolute atomic E-state index is 0. The summed E-state index contributed by atoms with van der Waals surface area (Å²) < 4.78 is 5.23. The molecule has 28 heavy (non-hydrogen) atoms. The highest BCUT2D eigenvalue weighted by molar-refractivity contribution is 5.85. The van der Waals surface area contributed by atoms with Crippen molar-refractivity contribution >= 4 is 36.3 Å². The highest BCUT2D eigenvalue weighted by atomic mass is 35.5. The van der Waals surface area contributed by atoms with Crippen LogP contribution in [0.15, 0.2) is 30.3 Å². The molecule has 1 aliphatic carbocycles. The topological polar surface area (TPSA) is 76.3 Å². The van der Waals surface area contributed by atoms with Gasteiger partial charge in [0.15, 0.2) is 5.82 Å². The number of anilines is 2. The van der Waals surface area contributed by atoms with Gasteiger partial charge < -0.3 is 20.7 Å². The fourth-order valence-corrected chi connectivity index (χ4v) is 3.87. The van der Waals surface area contributed by atoms with Crippen LogP contribution in [0.3, 0.4) is 0 Å². The van der Waals surface area contributed by atoms with Gasteiger partial charge in [-0.3, -0.25) is 0 Å². The first-order chi connectivity index (χ1) is 12.7. The van der Waals surface area contributed by atoms with Crippen molar-refractivity contribution in [3.8, 4) is 0 Å². The molecule has 0 spiro atoms. The number of para-hydroxylation sites is 1. The highest BCUT2D eigenvalue weighted by Gasteiger charge is 2.29. The first-order valence-corrected chi connectivity index (χ1v) is 9.42. The molecule has 1 aromatic carbocycles. The Morgan fingerprint density at radius 3 is 2.75 bits per heavy atom. The average Bonchev–Trinajstić information content (AvgIpc) is 3.02. The molecular formula is C20H29Cl2N5O. The maximum Gasteiger partial charge on any atom is 0.156 e. The standard InChI is InChI=1S/C20H27N5O.2ClH/c1-26-13-20-23-17(15-10-16(21)11-15)12-19(24-20)22-7-9-25-8-6-14-4-2-3-5-18(14)25;;/h2-5,12,15-16H,6-11,13,21H2,1H3,(H,22,23,24);2*1H. The van der Waals surface area contributed by atoms with E-state index in [1.165, 1.54) is 11.3 Å². The SMILES string of the molecule is COCc1nc(NCCN2CCc3ccccc32)cc(C2CC(N)C2)n1.Cl.Cl. The monoisotopic (exact) mass is 425 g/mol. The Bertz CT molecular complexity index is 770. The van der Waals surface area contributed by atoms with Gasteiger partial charge >= 0.3 is 0 Å². The number of hydrogen-bond donors (Lipinski definition) is 2. The number of nitrogens with zero attached hydrogens (tertiary/aromatic N) is 3. The molecule has 2 heterocycles. The number of rotatable bonds is 7. The predicted molar refractivity (Wildman–Crippen MR) is 118 cm³/mol. The van der Waals surface area contributed by atoms with Gasteiger partial charge in [-0.05, 0) is 30.9 Å². The lowest BCUT2D eigenvalue weighted by Gasteiger charge is -2.32. The third-order valence-corrected chi connectivity index (χ3v) is 5.33. The van der Waals surface area contributed by atoms with Crippen LogP contribution in [0, 0.1) is 0 Å². The number of benzene rings is 1. The van der Waals surface area contributed by atoms with Crippen LogP contribution >= 0.6 is 24.8 Å². The molecular weight excluding hydrogens is 397 g/mol. The molecule has 4 rings (SSSR count). The summed E-state index contributed by atoms with van der Waals surface area (Å²) in [5, 5.41) is 3.48. The summed E-state index contributed by atoms with van der Waals surface area (Å²) >= 11 is 0. The summed E-state index contributed by atoms with van der Waals surface area (Å²) in [6.45, 7) is 3.33. The molecule has 0 bridgehead atoms. The van der Waals surface area contributed by atoms with Crippen LogP contribution in [0.2, 0.25) is 0 Å². The lowest BCUT2D eigenvalue weighted by atomic mass is 9.78. The van der Waals surface area contributed by atoms with Crippen molar-refractivity contribution in [2.75, 3.05) is 37.0 Å². The second-order valence-corrected chi connectivity index (χ2v) is 7.25. The zero-order valence-electron chi connectivity index (χ0n) is 16.1. The van der Waals surface area contributed by atoms with Gasteiger partial charge in [0.05, 0.1) is 0 Å². The minimum atomic E-state index is 0. The van der Waals surface area contributed by atoms with Crippen LogP contribution in [-0.2, 0) is 17.8 Å². The summed E-state index contributed by atoms with van der Waals surface area (Å²) in [4.78, 5) is 11.7. The third kappa shape index (κ3) is 5.06. The first-order valence-electron chi connectivity index (χ1n) is 9.42. The third-order valence-electron chi connectivity index (χ3n) is 5.33. The van der Waals surface area contributed by atoms with Gasteiger partial charge in [-0.1, -0.05) is 18.2 Å². The van der Waals surface area contributed by atoms with Gasteiger partial charge in [0.25, 0.3) is 0 Å². The van der Waals surface area contributed by atoms with Crippen LogP contribution in [-0.4, -0.2) is 42.8 Å². The van der Waals surface area contributed by atoms with Gasteiger partial charge in [0.2, 0.25) is 0 Å². The van der Waals surface area contributed by atoms with E-state index in [4.69, 9.17) is 10.5 Å². The van der Waals surface area contributed by atoms with E-state index in [1.54, 1.807) is 7.11 Å². The normalized spacial score (nSPS) is 19.9. The minimum Gasteiger partial charge on any atom is -0.377 e. The summed E-state index contributed by atoms with van der Waals surface area (Å²) in [5.41, 5.74) is 9.83. The predicted octanol–water partition coefficient (Wildman–Crippen LogP) is 3.15. The number of fused-ring (bicyclic) bond motifs is 1. The Morgan fingerprint density at radius 1 is 1.21 bits per heavy atom. The Balaban J connectivity index is 0.00000140. The average molecular weight is 426 g/mol. The van der Waals surface area contributed by atoms with E-state index in [0.717, 1.165) is 56.2 Å². The molecule has 1 aliphatic heterocycles. The van der Waals surface area contributed by atoms with E-state index in [1.807, 2.05) is 0 Å². The first kappa shape index (κ1) is 22.7. The summed E-state index contributed by atoms with van der Waals surface area (Å²) in [7, 11) is 1.67. The van der Waals surface area contributed by atoms with Crippen molar-refractivity contribution in [3.05, 3.63) is 47.4 Å². The molecule has 154 valence electrons. The molecule has 2 aliphatic rings. The summed E-state index contributed by atoms with van der Waals surface area (Å²) in [6, 6.07) is 11.1.